The Morgan fingerprint density at radius 3 is 2.59 bits per heavy atom. The summed E-state index contributed by atoms with van der Waals surface area (Å²) in [6.45, 7) is 6.34. The van der Waals surface area contributed by atoms with E-state index in [4.69, 9.17) is 4.74 Å². The highest BCUT2D eigenvalue weighted by atomic mass is 79.9. The first-order chi connectivity index (χ1) is 10.4. The molecular weight excluding hydrogens is 366 g/mol. The largest absolute Gasteiger partial charge is 0.466 e. The van der Waals surface area contributed by atoms with Crippen LogP contribution in [0.15, 0.2) is 9.98 Å². The van der Waals surface area contributed by atoms with Gasteiger partial charge in [0, 0.05) is 0 Å². The van der Waals surface area contributed by atoms with Crippen molar-refractivity contribution in [3.8, 4) is 0 Å². The summed E-state index contributed by atoms with van der Waals surface area (Å²) in [6, 6.07) is 0. The Kier molecular flexibility index (Phi) is 6.02. The second kappa shape index (κ2) is 7.41. The van der Waals surface area contributed by atoms with Crippen LogP contribution in [0.2, 0.25) is 0 Å². The van der Waals surface area contributed by atoms with Gasteiger partial charge in [0.1, 0.15) is 10.6 Å². The van der Waals surface area contributed by atoms with Crippen molar-refractivity contribution in [1.29, 1.82) is 0 Å². The summed E-state index contributed by atoms with van der Waals surface area (Å²) in [5, 5.41) is 12.1. The van der Waals surface area contributed by atoms with Crippen LogP contribution in [0.5, 0.6) is 0 Å². The molecule has 1 aliphatic carbocycles. The Bertz CT molecular complexity index is 511. The lowest BCUT2D eigenvalue weighted by atomic mass is 9.69. The molecule has 1 aromatic rings. The Morgan fingerprint density at radius 2 is 2.14 bits per heavy atom. The third-order valence-corrected chi connectivity index (χ3v) is 6.29. The third kappa shape index (κ3) is 3.54. The van der Waals surface area contributed by atoms with Crippen molar-refractivity contribution in [2.75, 3.05) is 6.61 Å². The van der Waals surface area contributed by atoms with Crippen molar-refractivity contribution >= 4 is 33.2 Å². The molecule has 0 saturated heterocycles. The van der Waals surface area contributed by atoms with Gasteiger partial charge in [-0.15, -0.1) is 11.3 Å². The number of carbonyl (C=O) groups excluding carboxylic acids is 1. The number of hydrogen-bond acceptors (Lipinski definition) is 5. The van der Waals surface area contributed by atoms with Gasteiger partial charge in [0.2, 0.25) is 0 Å². The summed E-state index contributed by atoms with van der Waals surface area (Å²) in [6.07, 6.45) is 4.97. The molecule has 0 aromatic carbocycles. The van der Waals surface area contributed by atoms with Gasteiger partial charge in [0.25, 0.3) is 0 Å². The lowest BCUT2D eigenvalue weighted by molar-refractivity contribution is -0.151. The van der Waals surface area contributed by atoms with Gasteiger partial charge >= 0.3 is 5.97 Å². The van der Waals surface area contributed by atoms with Gasteiger partial charge in [-0.1, -0.05) is 13.8 Å². The van der Waals surface area contributed by atoms with E-state index >= 15 is 0 Å². The normalized spacial score (nSPS) is 25.0. The van der Waals surface area contributed by atoms with Gasteiger partial charge in [0.05, 0.1) is 22.5 Å². The average molecular weight is 390 g/mol. The summed E-state index contributed by atoms with van der Waals surface area (Å²) in [5.41, 5.74) is -0.920. The molecule has 22 heavy (non-hydrogen) atoms. The summed E-state index contributed by atoms with van der Waals surface area (Å²) in [4.78, 5) is 16.3. The van der Waals surface area contributed by atoms with E-state index in [1.165, 1.54) is 11.3 Å². The molecule has 4 nitrogen and oxygen atoms in total. The minimum absolute atomic E-state index is 0.0179. The number of esters is 1. The van der Waals surface area contributed by atoms with Crippen LogP contribution < -0.4 is 0 Å². The van der Waals surface area contributed by atoms with Gasteiger partial charge in [0.15, 0.2) is 0 Å². The second-order valence-corrected chi connectivity index (χ2v) is 8.66. The van der Waals surface area contributed by atoms with Crippen LogP contribution in [0.1, 0.15) is 51.5 Å². The molecule has 0 amide bonds. The molecule has 1 aromatic heterocycles. The molecule has 2 rings (SSSR count). The number of hydrogen-bond donors (Lipinski definition) is 1. The predicted octanol–water partition coefficient (Wildman–Crippen LogP) is 4.12. The molecule has 0 aliphatic heterocycles. The first kappa shape index (κ1) is 17.9. The maximum absolute atomic E-state index is 11.9. The molecule has 1 atom stereocenters. The maximum atomic E-state index is 11.9. The predicted molar refractivity (Wildman–Crippen MR) is 90.6 cm³/mol. The lowest BCUT2D eigenvalue weighted by Gasteiger charge is -2.41. The smallest absolute Gasteiger partial charge is 0.308 e. The number of carbonyl (C=O) groups is 1. The second-order valence-electron chi connectivity index (χ2n) is 6.25. The molecule has 1 unspecified atom stereocenters. The van der Waals surface area contributed by atoms with Crippen LogP contribution in [0.4, 0.5) is 0 Å². The Balaban J connectivity index is 2.11. The number of aromatic nitrogens is 1. The van der Waals surface area contributed by atoms with Crippen LogP contribution in [0.25, 0.3) is 0 Å². The van der Waals surface area contributed by atoms with E-state index in [1.807, 2.05) is 20.8 Å². The topological polar surface area (TPSA) is 59.4 Å². The minimum atomic E-state index is -0.920. The molecule has 1 N–H and O–H groups in total. The summed E-state index contributed by atoms with van der Waals surface area (Å²) in [7, 11) is 0. The van der Waals surface area contributed by atoms with E-state index in [9.17, 15) is 9.90 Å². The van der Waals surface area contributed by atoms with Gasteiger partial charge in [-0.2, -0.15) is 0 Å². The quantitative estimate of drug-likeness (QED) is 0.769. The van der Waals surface area contributed by atoms with Crippen LogP contribution in [0.3, 0.4) is 0 Å². The SMILES string of the molecule is CCOC(=O)[C@H]1CC[C@H](C(O)(c2ncc(Br)s2)C(C)C)CC1. The zero-order chi connectivity index (χ0) is 16.3. The van der Waals surface area contributed by atoms with Crippen molar-refractivity contribution in [2.24, 2.45) is 17.8 Å². The summed E-state index contributed by atoms with van der Waals surface area (Å²) >= 11 is 4.92. The van der Waals surface area contributed by atoms with Crippen LogP contribution in [-0.2, 0) is 15.1 Å². The van der Waals surface area contributed by atoms with E-state index in [-0.39, 0.29) is 23.7 Å². The molecule has 0 bridgehead atoms. The number of nitrogens with zero attached hydrogens (tertiary/aromatic N) is 1. The Morgan fingerprint density at radius 1 is 1.50 bits per heavy atom. The van der Waals surface area contributed by atoms with Crippen LogP contribution in [0, 0.1) is 17.8 Å². The highest BCUT2D eigenvalue weighted by Crippen LogP contribution is 2.46. The van der Waals surface area contributed by atoms with Crippen molar-refractivity contribution in [1.82, 2.24) is 4.98 Å². The Labute approximate surface area is 144 Å². The first-order valence-electron chi connectivity index (χ1n) is 7.90. The van der Waals surface area contributed by atoms with Gasteiger partial charge in [-0.3, -0.25) is 4.79 Å². The standard InChI is InChI=1S/C16H24BrNO3S/c1-4-21-14(19)11-5-7-12(8-6-11)16(20,10(2)3)15-18-9-13(17)22-15/h9-12,20H,4-8H2,1-3H3/t11-,12-,16?. The zero-order valence-electron chi connectivity index (χ0n) is 13.3. The summed E-state index contributed by atoms with van der Waals surface area (Å²) < 4.78 is 6.05. The zero-order valence-corrected chi connectivity index (χ0v) is 15.7. The van der Waals surface area contributed by atoms with E-state index in [2.05, 4.69) is 20.9 Å². The number of ether oxygens (including phenoxy) is 1. The van der Waals surface area contributed by atoms with Crippen molar-refractivity contribution in [3.63, 3.8) is 0 Å². The molecule has 0 radical (unpaired) electrons. The number of thiazole rings is 1. The van der Waals surface area contributed by atoms with Crippen molar-refractivity contribution < 1.29 is 14.6 Å². The van der Waals surface area contributed by atoms with Crippen molar-refractivity contribution in [3.05, 3.63) is 15.0 Å². The molecule has 6 heteroatoms. The van der Waals surface area contributed by atoms with E-state index in [0.29, 0.717) is 6.61 Å². The highest BCUT2D eigenvalue weighted by Gasteiger charge is 2.45. The Hall–Kier alpha value is -0.460. The fourth-order valence-corrected chi connectivity index (χ4v) is 4.89. The number of rotatable bonds is 5. The third-order valence-electron chi connectivity index (χ3n) is 4.67. The van der Waals surface area contributed by atoms with E-state index in [1.54, 1.807) is 6.20 Å². The monoisotopic (exact) mass is 389 g/mol. The van der Waals surface area contributed by atoms with E-state index in [0.717, 1.165) is 34.5 Å². The minimum Gasteiger partial charge on any atom is -0.466 e. The molecular formula is C16H24BrNO3S. The highest BCUT2D eigenvalue weighted by molar-refractivity contribution is 9.11. The van der Waals surface area contributed by atoms with Crippen LogP contribution in [-0.4, -0.2) is 22.7 Å². The van der Waals surface area contributed by atoms with Gasteiger partial charge < -0.3 is 9.84 Å². The molecule has 124 valence electrons. The molecule has 1 heterocycles. The molecule has 1 saturated carbocycles. The molecule has 0 spiro atoms. The van der Waals surface area contributed by atoms with E-state index < -0.39 is 5.60 Å². The number of aliphatic hydroxyl groups is 1. The number of halogens is 1. The molecule has 1 fully saturated rings. The average Bonchev–Trinajstić information content (AvgIpc) is 2.93. The summed E-state index contributed by atoms with van der Waals surface area (Å²) in [5.74, 6) is 0.104. The van der Waals surface area contributed by atoms with Gasteiger partial charge in [-0.25, -0.2) is 4.98 Å². The maximum Gasteiger partial charge on any atom is 0.308 e. The van der Waals surface area contributed by atoms with Crippen LogP contribution >= 0.6 is 27.3 Å². The lowest BCUT2D eigenvalue weighted by Crippen LogP contribution is -2.42. The fraction of sp³-hybridized carbons (Fsp3) is 0.750. The first-order valence-corrected chi connectivity index (χ1v) is 9.51. The molecule has 1 aliphatic rings. The van der Waals surface area contributed by atoms with Gasteiger partial charge in [-0.05, 0) is 60.4 Å². The fourth-order valence-electron chi connectivity index (χ4n) is 3.36. The van der Waals surface area contributed by atoms with Crippen molar-refractivity contribution in [2.45, 2.75) is 52.1 Å².